The van der Waals surface area contributed by atoms with Crippen molar-refractivity contribution in [3.8, 4) is 0 Å². The number of nitrogens with one attached hydrogen (secondary N) is 1. The molecule has 0 unspecified atom stereocenters. The van der Waals surface area contributed by atoms with Crippen LogP contribution in [0.4, 0.5) is 17.4 Å². The third-order valence-corrected chi connectivity index (χ3v) is 5.97. The molecule has 2 aliphatic heterocycles. The number of carbonyl (C=O) groups excluding carboxylic acids is 1. The van der Waals surface area contributed by atoms with Crippen molar-refractivity contribution in [3.05, 3.63) is 30.3 Å². The minimum Gasteiger partial charge on any atom is -0.431 e. The molecule has 1 amide bonds. The summed E-state index contributed by atoms with van der Waals surface area (Å²) in [6.07, 6.45) is 7.04. The number of aliphatic hydroxyl groups excluding tert-OH is 1. The molecule has 9 nitrogen and oxygen atoms in total. The SMILES string of the molecule is Cn1ncc2cc(N3CCCCC3)c(NC(=O)c3coc(N4CC[C@H](O)C4)n3)cc21. The van der Waals surface area contributed by atoms with E-state index in [9.17, 15) is 9.90 Å². The molecule has 30 heavy (non-hydrogen) atoms. The summed E-state index contributed by atoms with van der Waals surface area (Å²) in [4.78, 5) is 21.5. The van der Waals surface area contributed by atoms with Crippen molar-refractivity contribution in [1.29, 1.82) is 0 Å². The number of hydrogen-bond acceptors (Lipinski definition) is 7. The first-order chi connectivity index (χ1) is 14.6. The monoisotopic (exact) mass is 410 g/mol. The van der Waals surface area contributed by atoms with Crippen molar-refractivity contribution in [2.75, 3.05) is 41.3 Å². The first-order valence-corrected chi connectivity index (χ1v) is 10.5. The Hall–Kier alpha value is -3.07. The first-order valence-electron chi connectivity index (χ1n) is 10.5. The highest BCUT2D eigenvalue weighted by atomic mass is 16.4. The Morgan fingerprint density at radius 3 is 2.80 bits per heavy atom. The van der Waals surface area contributed by atoms with Gasteiger partial charge in [-0.25, -0.2) is 0 Å². The molecule has 2 N–H and O–H groups in total. The smallest absolute Gasteiger partial charge is 0.298 e. The van der Waals surface area contributed by atoms with E-state index in [1.807, 2.05) is 24.2 Å². The molecule has 0 aliphatic carbocycles. The molecule has 4 heterocycles. The zero-order valence-corrected chi connectivity index (χ0v) is 17.0. The Morgan fingerprint density at radius 1 is 1.20 bits per heavy atom. The molecule has 9 heteroatoms. The Bertz CT molecular complexity index is 1070. The Labute approximate surface area is 174 Å². The van der Waals surface area contributed by atoms with Gasteiger partial charge in [-0.15, -0.1) is 0 Å². The number of oxazole rings is 1. The number of β-amino-alcohol motifs (C(OH)–C–C–N with tert-alkyl or cyclic N) is 1. The molecular weight excluding hydrogens is 384 g/mol. The van der Waals surface area contributed by atoms with Gasteiger partial charge in [0.25, 0.3) is 11.9 Å². The summed E-state index contributed by atoms with van der Waals surface area (Å²) in [7, 11) is 1.89. The molecule has 2 aliphatic rings. The Morgan fingerprint density at radius 2 is 2.03 bits per heavy atom. The molecular formula is C21H26N6O3. The van der Waals surface area contributed by atoms with Gasteiger partial charge in [0, 0.05) is 38.6 Å². The Kier molecular flexibility index (Phi) is 4.82. The standard InChI is InChI=1S/C21H26N6O3/c1-25-18-10-16(19(9-14(18)11-22-25)26-6-3-2-4-7-26)23-20(29)17-13-30-21(24-17)27-8-5-15(28)12-27/h9-11,13,15,28H,2-8,12H2,1H3,(H,23,29)/t15-/m0/s1. The maximum atomic E-state index is 13.0. The molecule has 2 aromatic heterocycles. The number of rotatable bonds is 4. The van der Waals surface area contributed by atoms with Gasteiger partial charge in [0.1, 0.15) is 6.26 Å². The van der Waals surface area contributed by atoms with E-state index in [4.69, 9.17) is 4.42 Å². The van der Waals surface area contributed by atoms with E-state index < -0.39 is 0 Å². The molecule has 1 atom stereocenters. The van der Waals surface area contributed by atoms with Crippen LogP contribution in [0.2, 0.25) is 0 Å². The van der Waals surface area contributed by atoms with Crippen LogP contribution in [0.25, 0.3) is 10.9 Å². The van der Waals surface area contributed by atoms with E-state index in [1.165, 1.54) is 12.7 Å². The third kappa shape index (κ3) is 3.49. The van der Waals surface area contributed by atoms with Crippen molar-refractivity contribution in [3.63, 3.8) is 0 Å². The van der Waals surface area contributed by atoms with Gasteiger partial charge in [-0.1, -0.05) is 0 Å². The average Bonchev–Trinajstić information content (AvgIpc) is 3.49. The van der Waals surface area contributed by atoms with Gasteiger partial charge in [0.15, 0.2) is 5.69 Å². The number of benzene rings is 1. The fourth-order valence-electron chi connectivity index (χ4n) is 4.30. The summed E-state index contributed by atoms with van der Waals surface area (Å²) in [6, 6.07) is 4.44. The molecule has 0 spiro atoms. The van der Waals surface area contributed by atoms with E-state index in [1.54, 1.807) is 4.68 Å². The lowest BCUT2D eigenvalue weighted by Crippen LogP contribution is -2.30. The minimum absolute atomic E-state index is 0.223. The molecule has 2 saturated heterocycles. The zero-order chi connectivity index (χ0) is 20.7. The summed E-state index contributed by atoms with van der Waals surface area (Å²) in [6.45, 7) is 3.08. The topological polar surface area (TPSA) is 99.7 Å². The van der Waals surface area contributed by atoms with Crippen LogP contribution in [0.3, 0.4) is 0 Å². The number of aromatic nitrogens is 3. The van der Waals surface area contributed by atoms with Crippen LogP contribution in [0.5, 0.6) is 0 Å². The zero-order valence-electron chi connectivity index (χ0n) is 17.0. The van der Waals surface area contributed by atoms with Gasteiger partial charge >= 0.3 is 0 Å². The number of aliphatic hydroxyl groups is 1. The molecule has 1 aromatic carbocycles. The van der Waals surface area contributed by atoms with E-state index in [-0.39, 0.29) is 17.7 Å². The third-order valence-electron chi connectivity index (χ3n) is 5.97. The van der Waals surface area contributed by atoms with Crippen molar-refractivity contribution < 1.29 is 14.3 Å². The summed E-state index contributed by atoms with van der Waals surface area (Å²) >= 11 is 0. The quantitative estimate of drug-likeness (QED) is 0.681. The van der Waals surface area contributed by atoms with Gasteiger partial charge < -0.3 is 24.6 Å². The van der Waals surface area contributed by atoms with Gasteiger partial charge in [-0.05, 0) is 37.8 Å². The number of hydrogen-bond donors (Lipinski definition) is 2. The highest BCUT2D eigenvalue weighted by Gasteiger charge is 2.26. The first kappa shape index (κ1) is 18.9. The molecule has 3 aromatic rings. The number of aryl methyl sites for hydroxylation is 1. The Balaban J connectivity index is 1.43. The van der Waals surface area contributed by atoms with E-state index in [0.29, 0.717) is 25.5 Å². The summed E-state index contributed by atoms with van der Waals surface area (Å²) in [5.41, 5.74) is 2.94. The number of anilines is 3. The van der Waals surface area contributed by atoms with Crippen molar-refractivity contribution in [1.82, 2.24) is 14.8 Å². The molecule has 2 fully saturated rings. The van der Waals surface area contributed by atoms with Gasteiger partial charge in [0.05, 0.1) is 29.2 Å². The van der Waals surface area contributed by atoms with Crippen LogP contribution in [0.15, 0.2) is 29.0 Å². The van der Waals surface area contributed by atoms with Crippen LogP contribution in [0, 0.1) is 0 Å². The van der Waals surface area contributed by atoms with Crippen LogP contribution in [0.1, 0.15) is 36.2 Å². The van der Waals surface area contributed by atoms with Gasteiger partial charge in [0.2, 0.25) is 0 Å². The fourth-order valence-corrected chi connectivity index (χ4v) is 4.30. The summed E-state index contributed by atoms with van der Waals surface area (Å²) < 4.78 is 7.30. The van der Waals surface area contributed by atoms with Gasteiger partial charge in [-0.3, -0.25) is 9.48 Å². The maximum Gasteiger partial charge on any atom is 0.298 e. The predicted molar refractivity (Wildman–Crippen MR) is 114 cm³/mol. The van der Waals surface area contributed by atoms with E-state index in [2.05, 4.69) is 26.4 Å². The van der Waals surface area contributed by atoms with Crippen molar-refractivity contribution in [2.45, 2.75) is 31.8 Å². The lowest BCUT2D eigenvalue weighted by Gasteiger charge is -2.30. The molecule has 158 valence electrons. The second-order valence-corrected chi connectivity index (χ2v) is 8.10. The van der Waals surface area contributed by atoms with Crippen LogP contribution in [-0.4, -0.2) is 58.1 Å². The number of amides is 1. The van der Waals surface area contributed by atoms with Crippen LogP contribution >= 0.6 is 0 Å². The minimum atomic E-state index is -0.383. The lowest BCUT2D eigenvalue weighted by atomic mass is 10.1. The number of piperidine rings is 1. The highest BCUT2D eigenvalue weighted by Crippen LogP contribution is 2.33. The fraction of sp³-hybridized carbons (Fsp3) is 0.476. The van der Waals surface area contributed by atoms with Crippen LogP contribution in [-0.2, 0) is 7.05 Å². The molecule has 0 bridgehead atoms. The molecule has 0 radical (unpaired) electrons. The predicted octanol–water partition coefficient (Wildman–Crippen LogP) is 2.37. The second-order valence-electron chi connectivity index (χ2n) is 8.10. The van der Waals surface area contributed by atoms with Crippen molar-refractivity contribution in [2.24, 2.45) is 7.05 Å². The second kappa shape index (κ2) is 7.64. The largest absolute Gasteiger partial charge is 0.431 e. The maximum absolute atomic E-state index is 13.0. The number of carbonyl (C=O) groups is 1. The van der Waals surface area contributed by atoms with Gasteiger partial charge in [-0.2, -0.15) is 10.1 Å². The highest BCUT2D eigenvalue weighted by molar-refractivity contribution is 6.06. The van der Waals surface area contributed by atoms with Crippen LogP contribution < -0.4 is 15.1 Å². The normalized spacial score (nSPS) is 19.6. The summed E-state index contributed by atoms with van der Waals surface area (Å²) in [5.74, 6) is -0.315. The summed E-state index contributed by atoms with van der Waals surface area (Å²) in [5, 5.41) is 18.1. The number of nitrogens with zero attached hydrogens (tertiary/aromatic N) is 5. The number of fused-ring (bicyclic) bond motifs is 1. The molecule has 5 rings (SSSR count). The average molecular weight is 410 g/mol. The lowest BCUT2D eigenvalue weighted by molar-refractivity contribution is 0.102. The van der Waals surface area contributed by atoms with E-state index >= 15 is 0 Å². The van der Waals surface area contributed by atoms with E-state index in [0.717, 1.165) is 48.2 Å². The van der Waals surface area contributed by atoms with Crippen molar-refractivity contribution >= 4 is 34.2 Å². The molecule has 0 saturated carbocycles.